The quantitative estimate of drug-likeness (QED) is 0.659. The Kier molecular flexibility index (Phi) is 9.32. The van der Waals surface area contributed by atoms with Crippen LogP contribution in [-0.2, 0) is 14.8 Å². The van der Waals surface area contributed by atoms with Crippen molar-refractivity contribution in [2.24, 2.45) is 0 Å². The van der Waals surface area contributed by atoms with Crippen LogP contribution in [0.4, 0.5) is 0 Å². The summed E-state index contributed by atoms with van der Waals surface area (Å²) in [7, 11) is 0.359. The Hall–Kier alpha value is -0.270. The summed E-state index contributed by atoms with van der Waals surface area (Å²) in [6.45, 7) is 1.35. The second kappa shape index (κ2) is 8.07. The van der Waals surface area contributed by atoms with Crippen molar-refractivity contribution in [2.75, 3.05) is 32.6 Å². The Labute approximate surface area is 91.3 Å². The van der Waals surface area contributed by atoms with Gasteiger partial charge in [-0.2, -0.15) is 12.6 Å². The Bertz CT molecular complexity index is 252. The fraction of sp³-hybridized carbons (Fsp3) is 0.857. The molecule has 0 aliphatic heterocycles. The first-order valence-electron chi connectivity index (χ1n) is 3.98. The van der Waals surface area contributed by atoms with Gasteiger partial charge in [0.15, 0.2) is 0 Å². The van der Waals surface area contributed by atoms with Gasteiger partial charge in [-0.1, -0.05) is 0 Å². The molecule has 1 N–H and O–H groups in total. The van der Waals surface area contributed by atoms with E-state index in [4.69, 9.17) is 0 Å². The first-order chi connectivity index (χ1) is 6.31. The molecule has 0 fully saturated rings. The number of hydrogen-bond donors (Lipinski definition) is 2. The van der Waals surface area contributed by atoms with Crippen molar-refractivity contribution >= 4 is 28.6 Å². The van der Waals surface area contributed by atoms with Gasteiger partial charge in [-0.3, -0.25) is 4.79 Å². The normalized spacial score (nSPS) is 10.1. The molecule has 86 valence electrons. The van der Waals surface area contributed by atoms with Gasteiger partial charge >= 0.3 is 0 Å². The molecule has 0 aromatic rings. The van der Waals surface area contributed by atoms with Crippen LogP contribution in [-0.4, -0.2) is 51.3 Å². The van der Waals surface area contributed by atoms with E-state index in [0.29, 0.717) is 5.75 Å². The molecule has 7 heteroatoms. The Balaban J connectivity index is 0. The largest absolute Gasteiger partial charge is 0.323 e. The summed E-state index contributed by atoms with van der Waals surface area (Å²) in [6.07, 6.45) is 0.998. The van der Waals surface area contributed by atoms with Gasteiger partial charge in [-0.05, 0) is 14.1 Å². The number of sulfonamides is 1. The maximum absolute atomic E-state index is 10.8. The summed E-state index contributed by atoms with van der Waals surface area (Å²) in [5, 5.41) is 2.75. The molecule has 5 nitrogen and oxygen atoms in total. The van der Waals surface area contributed by atoms with Crippen LogP contribution in [0.5, 0.6) is 0 Å². The number of thiol groups is 1. The van der Waals surface area contributed by atoms with Crippen LogP contribution >= 0.6 is 12.6 Å². The SMILES string of the molecule is CC(=O)N(CCS)S(C)(=O)=O.CNC. The molecule has 0 atom stereocenters. The standard InChI is InChI=1S/C5H11NO3S2.C2H7N/c1-5(7)6(3-4-10)11(2,8)9;1-3-2/h10H,3-4H2,1-2H3;3H,1-2H3. The van der Waals surface area contributed by atoms with E-state index in [-0.39, 0.29) is 6.54 Å². The number of rotatable bonds is 3. The van der Waals surface area contributed by atoms with E-state index >= 15 is 0 Å². The molecule has 0 aliphatic rings. The fourth-order valence-corrected chi connectivity index (χ4v) is 1.87. The van der Waals surface area contributed by atoms with Crippen LogP contribution in [0, 0.1) is 0 Å². The van der Waals surface area contributed by atoms with E-state index in [9.17, 15) is 13.2 Å². The van der Waals surface area contributed by atoms with Gasteiger partial charge in [-0.25, -0.2) is 12.7 Å². The molecule has 0 heterocycles. The molecule has 0 aromatic carbocycles. The van der Waals surface area contributed by atoms with Gasteiger partial charge in [0.2, 0.25) is 15.9 Å². The number of carbonyl (C=O) groups excluding carboxylic acids is 1. The predicted octanol–water partition coefficient (Wildman–Crippen LogP) is -0.440. The molecule has 0 spiro atoms. The number of carbonyl (C=O) groups is 1. The third kappa shape index (κ3) is 8.33. The second-order valence-electron chi connectivity index (χ2n) is 2.58. The molecule has 0 rings (SSSR count). The first-order valence-corrected chi connectivity index (χ1v) is 6.47. The van der Waals surface area contributed by atoms with Gasteiger partial charge in [0.05, 0.1) is 6.26 Å². The highest BCUT2D eigenvalue weighted by molar-refractivity contribution is 7.89. The molecular formula is C7H18N2O3S2. The molecule has 0 radical (unpaired) electrons. The monoisotopic (exact) mass is 242 g/mol. The highest BCUT2D eigenvalue weighted by atomic mass is 32.2. The molecular weight excluding hydrogens is 224 g/mol. The van der Waals surface area contributed by atoms with Crippen molar-refractivity contribution < 1.29 is 13.2 Å². The zero-order valence-electron chi connectivity index (χ0n) is 8.94. The number of nitrogens with zero attached hydrogens (tertiary/aromatic N) is 1. The molecule has 1 amide bonds. The lowest BCUT2D eigenvalue weighted by molar-refractivity contribution is -0.124. The first kappa shape index (κ1) is 16.2. The Morgan fingerprint density at radius 2 is 1.79 bits per heavy atom. The zero-order valence-corrected chi connectivity index (χ0v) is 10.7. The summed E-state index contributed by atoms with van der Waals surface area (Å²) >= 11 is 3.83. The number of nitrogens with one attached hydrogen (secondary N) is 1. The van der Waals surface area contributed by atoms with Crippen LogP contribution in [0.3, 0.4) is 0 Å². The van der Waals surface area contributed by atoms with Gasteiger partial charge in [0, 0.05) is 19.2 Å². The molecule has 0 aliphatic carbocycles. The van der Waals surface area contributed by atoms with E-state index < -0.39 is 15.9 Å². The highest BCUT2D eigenvalue weighted by Crippen LogP contribution is 1.98. The van der Waals surface area contributed by atoms with Crippen LogP contribution in [0.25, 0.3) is 0 Å². The topological polar surface area (TPSA) is 66.5 Å². The summed E-state index contributed by atoms with van der Waals surface area (Å²) in [5.41, 5.74) is 0. The summed E-state index contributed by atoms with van der Waals surface area (Å²) in [6, 6.07) is 0. The number of hydrogen-bond acceptors (Lipinski definition) is 5. The highest BCUT2D eigenvalue weighted by Gasteiger charge is 2.17. The lowest BCUT2D eigenvalue weighted by Gasteiger charge is -2.16. The summed E-state index contributed by atoms with van der Waals surface area (Å²) in [4.78, 5) is 10.7. The van der Waals surface area contributed by atoms with E-state index in [1.807, 2.05) is 14.1 Å². The van der Waals surface area contributed by atoms with Crippen molar-refractivity contribution in [3.63, 3.8) is 0 Å². The second-order valence-corrected chi connectivity index (χ2v) is 4.93. The average Bonchev–Trinajstić information content (AvgIpc) is 1.98. The minimum atomic E-state index is -3.39. The van der Waals surface area contributed by atoms with Gasteiger partial charge in [0.25, 0.3) is 0 Å². The Morgan fingerprint density at radius 3 is 1.86 bits per heavy atom. The predicted molar refractivity (Wildman–Crippen MR) is 61.1 cm³/mol. The minimum absolute atomic E-state index is 0.136. The average molecular weight is 242 g/mol. The lowest BCUT2D eigenvalue weighted by Crippen LogP contribution is -2.35. The van der Waals surface area contributed by atoms with Crippen molar-refractivity contribution in [3.05, 3.63) is 0 Å². The van der Waals surface area contributed by atoms with E-state index in [1.54, 1.807) is 0 Å². The molecule has 14 heavy (non-hydrogen) atoms. The molecule has 0 saturated heterocycles. The van der Waals surface area contributed by atoms with Crippen molar-refractivity contribution in [3.8, 4) is 0 Å². The minimum Gasteiger partial charge on any atom is -0.323 e. The van der Waals surface area contributed by atoms with Gasteiger partial charge in [0.1, 0.15) is 0 Å². The fourth-order valence-electron chi connectivity index (χ4n) is 0.648. The van der Waals surface area contributed by atoms with Gasteiger partial charge in [-0.15, -0.1) is 0 Å². The molecule has 0 unspecified atom stereocenters. The Morgan fingerprint density at radius 1 is 1.43 bits per heavy atom. The maximum atomic E-state index is 10.8. The third-order valence-corrected chi connectivity index (χ3v) is 2.49. The van der Waals surface area contributed by atoms with E-state index in [1.165, 1.54) is 6.92 Å². The van der Waals surface area contributed by atoms with Crippen LogP contribution in [0.15, 0.2) is 0 Å². The molecule has 0 bridgehead atoms. The maximum Gasteiger partial charge on any atom is 0.234 e. The van der Waals surface area contributed by atoms with Crippen LogP contribution < -0.4 is 5.32 Å². The summed E-state index contributed by atoms with van der Waals surface area (Å²) in [5.74, 6) is -0.131. The molecule has 0 aromatic heterocycles. The van der Waals surface area contributed by atoms with Crippen LogP contribution in [0.1, 0.15) is 6.92 Å². The van der Waals surface area contributed by atoms with Crippen LogP contribution in [0.2, 0.25) is 0 Å². The van der Waals surface area contributed by atoms with Crippen molar-refractivity contribution in [2.45, 2.75) is 6.92 Å². The molecule has 0 saturated carbocycles. The van der Waals surface area contributed by atoms with E-state index in [0.717, 1.165) is 10.6 Å². The third-order valence-electron chi connectivity index (χ3n) is 1.05. The van der Waals surface area contributed by atoms with Crippen molar-refractivity contribution in [1.29, 1.82) is 0 Å². The number of amides is 1. The van der Waals surface area contributed by atoms with Crippen molar-refractivity contribution in [1.82, 2.24) is 9.62 Å². The lowest BCUT2D eigenvalue weighted by atomic mass is 10.6. The summed E-state index contributed by atoms with van der Waals surface area (Å²) < 4.78 is 22.5. The smallest absolute Gasteiger partial charge is 0.234 e. The van der Waals surface area contributed by atoms with Gasteiger partial charge < -0.3 is 5.32 Å². The zero-order chi connectivity index (χ0) is 11.8. The van der Waals surface area contributed by atoms with E-state index in [2.05, 4.69) is 17.9 Å².